The van der Waals surface area contributed by atoms with E-state index < -0.39 is 0 Å². The molecule has 0 radical (unpaired) electrons. The van der Waals surface area contributed by atoms with Crippen molar-refractivity contribution in [2.45, 2.75) is 51.7 Å². The van der Waals surface area contributed by atoms with Crippen molar-refractivity contribution in [2.75, 3.05) is 0 Å². The lowest BCUT2D eigenvalue weighted by Crippen LogP contribution is -2.68. The van der Waals surface area contributed by atoms with Gasteiger partial charge in [-0.3, -0.25) is 4.79 Å². The summed E-state index contributed by atoms with van der Waals surface area (Å²) in [4.78, 5) is 11.8. The van der Waals surface area contributed by atoms with Crippen LogP contribution in [0.15, 0.2) is 23.3 Å². The van der Waals surface area contributed by atoms with E-state index in [0.717, 1.165) is 5.57 Å². The fourth-order valence-electron chi connectivity index (χ4n) is 3.93. The van der Waals surface area contributed by atoms with Crippen LogP contribution < -0.4 is 0 Å². The molecule has 17 heavy (non-hydrogen) atoms. The highest BCUT2D eigenvalue weighted by Crippen LogP contribution is 2.60. The highest BCUT2D eigenvalue weighted by atomic mass is 16.6. The minimum Gasteiger partial charge on any atom is -0.360 e. The molecule has 0 aromatic rings. The number of carbonyl (C=O) groups is 1. The first kappa shape index (κ1) is 11.2. The summed E-state index contributed by atoms with van der Waals surface area (Å²) >= 11 is 0. The van der Waals surface area contributed by atoms with E-state index in [2.05, 4.69) is 26.8 Å². The Morgan fingerprint density at radius 1 is 1.35 bits per heavy atom. The first-order valence-electron chi connectivity index (χ1n) is 6.53. The third kappa shape index (κ3) is 1.28. The predicted octanol–water partition coefficient (Wildman–Crippen LogP) is 3.04. The zero-order chi connectivity index (χ0) is 12.4. The van der Waals surface area contributed by atoms with Crippen LogP contribution in [-0.2, 0) is 9.53 Å². The van der Waals surface area contributed by atoms with Gasteiger partial charge in [0.25, 0.3) is 0 Å². The minimum atomic E-state index is -0.251. The quantitative estimate of drug-likeness (QED) is 0.641. The molecule has 92 valence electrons. The molecule has 2 aliphatic carbocycles. The smallest absolute Gasteiger partial charge is 0.181 e. The average molecular weight is 232 g/mol. The molecule has 0 bridgehead atoms. The van der Waals surface area contributed by atoms with Gasteiger partial charge in [0.15, 0.2) is 5.78 Å². The van der Waals surface area contributed by atoms with Crippen LogP contribution in [0.25, 0.3) is 0 Å². The Labute approximate surface area is 103 Å². The fraction of sp³-hybridized carbons (Fsp3) is 0.667. The Bertz CT molecular complexity index is 456. The summed E-state index contributed by atoms with van der Waals surface area (Å²) in [5.74, 6) is 1.16. The molecule has 1 aliphatic heterocycles. The highest BCUT2D eigenvalue weighted by molar-refractivity contribution is 6.05. The van der Waals surface area contributed by atoms with Gasteiger partial charge in [-0.15, -0.1) is 0 Å². The van der Waals surface area contributed by atoms with Gasteiger partial charge in [-0.05, 0) is 62.8 Å². The van der Waals surface area contributed by atoms with Crippen LogP contribution in [0.2, 0.25) is 0 Å². The third-order valence-electron chi connectivity index (χ3n) is 4.77. The largest absolute Gasteiger partial charge is 0.360 e. The molecule has 0 amide bonds. The van der Waals surface area contributed by atoms with Crippen LogP contribution in [-0.4, -0.2) is 17.0 Å². The fourth-order valence-corrected chi connectivity index (χ4v) is 3.93. The first-order valence-corrected chi connectivity index (χ1v) is 6.53. The van der Waals surface area contributed by atoms with Crippen molar-refractivity contribution in [1.29, 1.82) is 0 Å². The van der Waals surface area contributed by atoms with Crippen LogP contribution in [0.3, 0.4) is 0 Å². The van der Waals surface area contributed by atoms with Gasteiger partial charge in [0.2, 0.25) is 0 Å². The van der Waals surface area contributed by atoms with E-state index in [1.807, 2.05) is 13.0 Å². The van der Waals surface area contributed by atoms with Crippen LogP contribution in [0.5, 0.6) is 0 Å². The molecule has 1 saturated heterocycles. The average Bonchev–Trinajstić information content (AvgIpc) is 2.20. The molecule has 0 aromatic heterocycles. The van der Waals surface area contributed by atoms with E-state index in [0.29, 0.717) is 11.8 Å². The van der Waals surface area contributed by atoms with Crippen molar-refractivity contribution in [3.05, 3.63) is 23.3 Å². The van der Waals surface area contributed by atoms with Crippen molar-refractivity contribution >= 4 is 5.78 Å². The molecule has 1 heterocycles. The Hall–Kier alpha value is -0.890. The summed E-state index contributed by atoms with van der Waals surface area (Å²) in [5, 5.41) is 0. The van der Waals surface area contributed by atoms with Gasteiger partial charge in [-0.1, -0.05) is 6.92 Å². The zero-order valence-corrected chi connectivity index (χ0v) is 11.0. The zero-order valence-electron chi connectivity index (χ0n) is 11.0. The number of hydrogen-bond donors (Lipinski definition) is 0. The summed E-state index contributed by atoms with van der Waals surface area (Å²) in [6.45, 7) is 8.43. The second-order valence-electron chi connectivity index (χ2n) is 6.32. The number of hydrogen-bond acceptors (Lipinski definition) is 2. The van der Waals surface area contributed by atoms with Gasteiger partial charge in [0.1, 0.15) is 5.60 Å². The van der Waals surface area contributed by atoms with Crippen molar-refractivity contribution < 1.29 is 9.53 Å². The maximum absolute atomic E-state index is 11.8. The molecule has 2 fully saturated rings. The summed E-state index contributed by atoms with van der Waals surface area (Å²) in [6, 6.07) is 0. The lowest BCUT2D eigenvalue weighted by atomic mass is 9.56. The summed E-state index contributed by atoms with van der Waals surface area (Å²) in [7, 11) is 0. The van der Waals surface area contributed by atoms with Gasteiger partial charge in [-0.25, -0.2) is 0 Å². The van der Waals surface area contributed by atoms with Crippen molar-refractivity contribution in [3.8, 4) is 0 Å². The summed E-state index contributed by atoms with van der Waals surface area (Å²) in [5.41, 5.74) is 1.75. The number of carbonyl (C=O) groups excluding carboxylic acids is 1. The van der Waals surface area contributed by atoms with Gasteiger partial charge in [-0.2, -0.15) is 0 Å². The second kappa shape index (κ2) is 3.11. The van der Waals surface area contributed by atoms with Gasteiger partial charge < -0.3 is 4.74 Å². The molecule has 1 saturated carbocycles. The van der Waals surface area contributed by atoms with E-state index >= 15 is 0 Å². The Morgan fingerprint density at radius 3 is 2.71 bits per heavy atom. The molecular weight excluding hydrogens is 212 g/mol. The molecular formula is C15H20O2. The third-order valence-corrected chi connectivity index (χ3v) is 4.77. The monoisotopic (exact) mass is 232 g/mol. The lowest BCUT2D eigenvalue weighted by molar-refractivity contribution is -0.282. The number of allylic oxidation sites excluding steroid dienone is 2. The van der Waals surface area contributed by atoms with E-state index in [1.165, 1.54) is 18.4 Å². The van der Waals surface area contributed by atoms with Crippen LogP contribution in [0.4, 0.5) is 0 Å². The van der Waals surface area contributed by atoms with Gasteiger partial charge in [0.05, 0.1) is 5.60 Å². The maximum Gasteiger partial charge on any atom is 0.181 e. The number of ketones is 1. The van der Waals surface area contributed by atoms with E-state index in [9.17, 15) is 4.79 Å². The second-order valence-corrected chi connectivity index (χ2v) is 6.32. The predicted molar refractivity (Wildman–Crippen MR) is 66.6 cm³/mol. The first-order chi connectivity index (χ1) is 7.87. The summed E-state index contributed by atoms with van der Waals surface area (Å²) < 4.78 is 6.21. The molecule has 3 aliphatic rings. The molecule has 3 unspecified atom stereocenters. The molecule has 0 aromatic carbocycles. The van der Waals surface area contributed by atoms with Crippen LogP contribution >= 0.6 is 0 Å². The van der Waals surface area contributed by atoms with Gasteiger partial charge in [0, 0.05) is 5.92 Å². The topological polar surface area (TPSA) is 26.3 Å². The normalized spacial score (nSPS) is 42.9. The maximum atomic E-state index is 11.8. The molecule has 3 rings (SSSR count). The molecule has 0 N–H and O–H groups in total. The lowest BCUT2D eigenvalue weighted by Gasteiger charge is -2.64. The van der Waals surface area contributed by atoms with Crippen LogP contribution in [0, 0.1) is 11.8 Å². The molecule has 2 nitrogen and oxygen atoms in total. The van der Waals surface area contributed by atoms with E-state index in [4.69, 9.17) is 4.74 Å². The Morgan fingerprint density at radius 2 is 2.06 bits per heavy atom. The standard InChI is InChI=1S/C15H20O2/c1-9-5-6-13-14(3,4)17-15(13)8-10(2)12(16)7-11(9)15/h7-9,13H,5-6H2,1-4H3. The molecule has 2 heteroatoms. The SMILES string of the molecule is CC1=CC23OC(C)(C)C2CCC(C)C3=CC1=O. The molecule has 1 spiro atoms. The summed E-state index contributed by atoms with van der Waals surface area (Å²) in [6.07, 6.45) is 6.28. The van der Waals surface area contributed by atoms with Crippen LogP contribution in [0.1, 0.15) is 40.5 Å². The van der Waals surface area contributed by atoms with Crippen molar-refractivity contribution in [1.82, 2.24) is 0 Å². The molecule has 3 atom stereocenters. The van der Waals surface area contributed by atoms with Crippen molar-refractivity contribution in [2.24, 2.45) is 11.8 Å². The highest BCUT2D eigenvalue weighted by Gasteiger charge is 2.63. The van der Waals surface area contributed by atoms with Crippen molar-refractivity contribution in [3.63, 3.8) is 0 Å². The number of rotatable bonds is 0. The van der Waals surface area contributed by atoms with E-state index in [-0.39, 0.29) is 17.0 Å². The Balaban J connectivity index is 2.09. The van der Waals surface area contributed by atoms with Gasteiger partial charge >= 0.3 is 0 Å². The Kier molecular flexibility index (Phi) is 2.05. The number of ether oxygens (including phenoxy) is 1. The minimum absolute atomic E-state index is 0.0452. The van der Waals surface area contributed by atoms with E-state index in [1.54, 1.807) is 0 Å².